The zero-order valence-corrected chi connectivity index (χ0v) is 11.6. The second kappa shape index (κ2) is 5.72. The zero-order chi connectivity index (χ0) is 15.6. The van der Waals surface area contributed by atoms with Crippen LogP contribution in [0, 0.1) is 0 Å². The normalized spacial score (nSPS) is 11.6. The summed E-state index contributed by atoms with van der Waals surface area (Å²) in [5.41, 5.74) is -0.239. The lowest BCUT2D eigenvalue weighted by molar-refractivity contribution is -0.141. The number of hydrogen-bond acceptors (Lipinski definition) is 6. The molecule has 112 valence electrons. The molecule has 0 saturated heterocycles. The number of hydrogen-bond donors (Lipinski definition) is 1. The Labute approximate surface area is 126 Å². The van der Waals surface area contributed by atoms with Gasteiger partial charge in [-0.2, -0.15) is 13.2 Å². The summed E-state index contributed by atoms with van der Waals surface area (Å²) >= 11 is 1.01. The summed E-state index contributed by atoms with van der Waals surface area (Å²) in [6, 6.07) is 5.61. The molecular weight excluding hydrogens is 317 g/mol. The summed E-state index contributed by atoms with van der Waals surface area (Å²) in [4.78, 5) is 8.12. The number of H-pyrrole nitrogens is 1. The summed E-state index contributed by atoms with van der Waals surface area (Å²) in [6.45, 7) is 0. The third-order valence-corrected chi connectivity index (χ3v) is 3.34. The minimum Gasteiger partial charge on any atom is -0.265 e. The van der Waals surface area contributed by atoms with E-state index in [4.69, 9.17) is 0 Å². The summed E-state index contributed by atoms with van der Waals surface area (Å²) in [5, 5.41) is 14.0. The predicted molar refractivity (Wildman–Crippen MR) is 70.8 cm³/mol. The fourth-order valence-electron chi connectivity index (χ4n) is 1.55. The van der Waals surface area contributed by atoms with Gasteiger partial charge >= 0.3 is 6.18 Å². The van der Waals surface area contributed by atoms with Crippen LogP contribution in [0.15, 0.2) is 46.8 Å². The smallest absolute Gasteiger partial charge is 0.265 e. The maximum Gasteiger partial charge on any atom is 0.435 e. The van der Waals surface area contributed by atoms with Crippen molar-refractivity contribution in [2.75, 3.05) is 0 Å². The summed E-state index contributed by atoms with van der Waals surface area (Å²) in [7, 11) is 0. The predicted octanol–water partition coefficient (Wildman–Crippen LogP) is 2.83. The van der Waals surface area contributed by atoms with E-state index in [1.54, 1.807) is 24.5 Å². The van der Waals surface area contributed by atoms with E-state index in [0.29, 0.717) is 11.0 Å². The van der Waals surface area contributed by atoms with Crippen LogP contribution in [0.2, 0.25) is 0 Å². The van der Waals surface area contributed by atoms with Crippen LogP contribution in [0.3, 0.4) is 0 Å². The first kappa shape index (κ1) is 14.4. The van der Waals surface area contributed by atoms with E-state index >= 15 is 0 Å². The fraction of sp³-hybridized carbons (Fsp3) is 0.0833. The zero-order valence-electron chi connectivity index (χ0n) is 10.7. The number of alkyl halides is 3. The van der Waals surface area contributed by atoms with Gasteiger partial charge < -0.3 is 0 Å². The Kier molecular flexibility index (Phi) is 3.75. The molecule has 6 nitrogen and oxygen atoms in total. The van der Waals surface area contributed by atoms with E-state index < -0.39 is 11.9 Å². The number of aromatic amines is 1. The number of halogens is 3. The molecule has 0 spiro atoms. The van der Waals surface area contributed by atoms with Gasteiger partial charge in [-0.3, -0.25) is 10.1 Å². The Hall–Kier alpha value is -2.49. The topological polar surface area (TPSA) is 80.2 Å². The SMILES string of the molecule is FC(F)(F)c1ccc(Sc2n[nH]c(-c3ccncc3)n2)nn1. The highest BCUT2D eigenvalue weighted by Gasteiger charge is 2.32. The highest BCUT2D eigenvalue weighted by Crippen LogP contribution is 2.29. The fourth-order valence-corrected chi connectivity index (χ4v) is 2.18. The van der Waals surface area contributed by atoms with Crippen LogP contribution < -0.4 is 0 Å². The first-order valence-electron chi connectivity index (χ1n) is 5.94. The molecule has 0 bridgehead atoms. The van der Waals surface area contributed by atoms with Crippen molar-refractivity contribution in [2.45, 2.75) is 16.4 Å². The van der Waals surface area contributed by atoms with Gasteiger partial charge in [0.1, 0.15) is 5.03 Å². The monoisotopic (exact) mass is 324 g/mol. The van der Waals surface area contributed by atoms with Crippen molar-refractivity contribution >= 4 is 11.8 Å². The van der Waals surface area contributed by atoms with Gasteiger partial charge in [0, 0.05) is 18.0 Å². The second-order valence-electron chi connectivity index (χ2n) is 4.06. The number of rotatable bonds is 3. The highest BCUT2D eigenvalue weighted by molar-refractivity contribution is 7.99. The van der Waals surface area contributed by atoms with Crippen molar-refractivity contribution < 1.29 is 13.2 Å². The number of nitrogens with one attached hydrogen (secondary N) is 1. The highest BCUT2D eigenvalue weighted by atomic mass is 32.2. The molecule has 0 radical (unpaired) electrons. The first-order chi connectivity index (χ1) is 10.5. The minimum absolute atomic E-state index is 0.272. The molecule has 0 aliphatic carbocycles. The summed E-state index contributed by atoms with van der Waals surface area (Å²) in [6.07, 6.45) is -1.27. The Bertz CT molecular complexity index is 757. The van der Waals surface area contributed by atoms with E-state index in [9.17, 15) is 13.2 Å². The molecule has 22 heavy (non-hydrogen) atoms. The molecule has 3 aromatic heterocycles. The molecule has 0 atom stereocenters. The molecule has 3 heterocycles. The Morgan fingerprint density at radius 3 is 2.41 bits per heavy atom. The van der Waals surface area contributed by atoms with Crippen LogP contribution in [0.25, 0.3) is 11.4 Å². The van der Waals surface area contributed by atoms with E-state index in [1.807, 2.05) is 0 Å². The van der Waals surface area contributed by atoms with Crippen molar-refractivity contribution in [3.8, 4) is 11.4 Å². The van der Waals surface area contributed by atoms with Gasteiger partial charge in [0.2, 0.25) is 5.16 Å². The third kappa shape index (κ3) is 3.22. The molecule has 0 aromatic carbocycles. The van der Waals surface area contributed by atoms with E-state index in [2.05, 4.69) is 30.4 Å². The number of aromatic nitrogens is 6. The Balaban J connectivity index is 1.76. The van der Waals surface area contributed by atoms with E-state index in [1.165, 1.54) is 6.07 Å². The molecule has 0 saturated carbocycles. The van der Waals surface area contributed by atoms with Gasteiger partial charge in [0.05, 0.1) is 0 Å². The van der Waals surface area contributed by atoms with Gasteiger partial charge in [-0.05, 0) is 36.0 Å². The van der Waals surface area contributed by atoms with Gasteiger partial charge in [0.15, 0.2) is 11.5 Å². The molecule has 3 aromatic rings. The molecule has 0 fully saturated rings. The average molecular weight is 324 g/mol. The lowest BCUT2D eigenvalue weighted by atomic mass is 10.3. The second-order valence-corrected chi connectivity index (χ2v) is 5.05. The van der Waals surface area contributed by atoms with Gasteiger partial charge in [-0.1, -0.05) is 0 Å². The lowest BCUT2D eigenvalue weighted by Crippen LogP contribution is -2.08. The van der Waals surface area contributed by atoms with Crippen LogP contribution in [0.4, 0.5) is 13.2 Å². The molecule has 3 rings (SSSR count). The summed E-state index contributed by atoms with van der Waals surface area (Å²) in [5.74, 6) is 0.532. The van der Waals surface area contributed by atoms with E-state index in [-0.39, 0.29) is 5.03 Å². The largest absolute Gasteiger partial charge is 0.435 e. The Morgan fingerprint density at radius 1 is 1.00 bits per heavy atom. The maximum absolute atomic E-state index is 12.4. The summed E-state index contributed by atoms with van der Waals surface area (Å²) < 4.78 is 37.2. The van der Waals surface area contributed by atoms with Crippen LogP contribution in [-0.4, -0.2) is 30.4 Å². The Morgan fingerprint density at radius 2 is 1.77 bits per heavy atom. The van der Waals surface area contributed by atoms with Crippen LogP contribution in [0.1, 0.15) is 5.69 Å². The van der Waals surface area contributed by atoms with Crippen LogP contribution in [0.5, 0.6) is 0 Å². The first-order valence-corrected chi connectivity index (χ1v) is 6.75. The van der Waals surface area contributed by atoms with Crippen molar-refractivity contribution in [3.63, 3.8) is 0 Å². The van der Waals surface area contributed by atoms with Crippen molar-refractivity contribution in [1.29, 1.82) is 0 Å². The number of nitrogens with zero attached hydrogens (tertiary/aromatic N) is 5. The van der Waals surface area contributed by atoms with Gasteiger partial charge in [-0.25, -0.2) is 4.98 Å². The number of pyridine rings is 1. The average Bonchev–Trinajstić information content (AvgIpc) is 2.96. The quantitative estimate of drug-likeness (QED) is 0.798. The molecule has 0 amide bonds. The lowest BCUT2D eigenvalue weighted by Gasteiger charge is -2.03. The molecule has 0 unspecified atom stereocenters. The van der Waals surface area contributed by atoms with Crippen molar-refractivity contribution in [3.05, 3.63) is 42.4 Å². The van der Waals surface area contributed by atoms with Gasteiger partial charge in [0.25, 0.3) is 0 Å². The minimum atomic E-state index is -4.50. The van der Waals surface area contributed by atoms with Gasteiger partial charge in [-0.15, -0.1) is 15.3 Å². The third-order valence-electron chi connectivity index (χ3n) is 2.55. The van der Waals surface area contributed by atoms with E-state index in [0.717, 1.165) is 23.4 Å². The molecule has 1 N–H and O–H groups in total. The molecule has 0 aliphatic heterocycles. The van der Waals surface area contributed by atoms with Crippen LogP contribution >= 0.6 is 11.8 Å². The van der Waals surface area contributed by atoms with Crippen LogP contribution in [-0.2, 0) is 6.18 Å². The van der Waals surface area contributed by atoms with Crippen molar-refractivity contribution in [2.24, 2.45) is 0 Å². The molecule has 0 aliphatic rings. The maximum atomic E-state index is 12.4. The standard InChI is InChI=1S/C12H7F3N6S/c13-12(14,15)8-1-2-9(19-18-8)22-11-17-10(20-21-11)7-3-5-16-6-4-7/h1-6H,(H,17,20,21). The van der Waals surface area contributed by atoms with Crippen molar-refractivity contribution in [1.82, 2.24) is 30.4 Å². The molecular formula is C12H7F3N6S. The molecule has 10 heteroatoms.